The van der Waals surface area contributed by atoms with Gasteiger partial charge in [0.1, 0.15) is 0 Å². The van der Waals surface area contributed by atoms with Gasteiger partial charge in [0.2, 0.25) is 0 Å². The highest BCUT2D eigenvalue weighted by Gasteiger charge is 2.23. The molecule has 2 nitrogen and oxygen atoms in total. The quantitative estimate of drug-likeness (QED) is 0.829. The van der Waals surface area contributed by atoms with Crippen molar-refractivity contribution < 1.29 is 0 Å². The first-order chi connectivity index (χ1) is 9.22. The molecule has 1 saturated heterocycles. The third-order valence-corrected chi connectivity index (χ3v) is 4.13. The molecular formula is C15H20Cl2N2. The minimum atomic E-state index is 0.325. The number of allylic oxidation sites excluding steroid dienone is 1. The number of rotatable bonds is 5. The zero-order valence-electron chi connectivity index (χ0n) is 11.0. The van der Waals surface area contributed by atoms with Gasteiger partial charge in [-0.25, -0.2) is 0 Å². The van der Waals surface area contributed by atoms with E-state index in [4.69, 9.17) is 23.2 Å². The van der Waals surface area contributed by atoms with E-state index in [1.54, 1.807) is 0 Å². The Labute approximate surface area is 125 Å². The summed E-state index contributed by atoms with van der Waals surface area (Å²) in [4.78, 5) is 2.48. The van der Waals surface area contributed by atoms with Gasteiger partial charge in [-0.05, 0) is 36.6 Å². The summed E-state index contributed by atoms with van der Waals surface area (Å²) in [6, 6.07) is 6.06. The van der Waals surface area contributed by atoms with Crippen LogP contribution in [0.3, 0.4) is 0 Å². The predicted molar refractivity (Wildman–Crippen MR) is 83.1 cm³/mol. The van der Waals surface area contributed by atoms with E-state index in [1.165, 1.54) is 0 Å². The average Bonchev–Trinajstić information content (AvgIpc) is 2.44. The minimum Gasteiger partial charge on any atom is -0.314 e. The van der Waals surface area contributed by atoms with Crippen molar-refractivity contribution >= 4 is 23.2 Å². The van der Waals surface area contributed by atoms with Crippen molar-refractivity contribution in [3.05, 3.63) is 46.5 Å². The number of nitrogens with one attached hydrogen (secondary N) is 1. The Balaban J connectivity index is 2.24. The van der Waals surface area contributed by atoms with E-state index in [0.717, 1.165) is 54.6 Å². The first kappa shape index (κ1) is 14.9. The molecule has 1 aromatic rings. The van der Waals surface area contributed by atoms with Crippen LogP contribution in [0.4, 0.5) is 0 Å². The van der Waals surface area contributed by atoms with Crippen LogP contribution in [0.25, 0.3) is 0 Å². The molecule has 1 N–H and O–H groups in total. The smallest absolute Gasteiger partial charge is 0.0454 e. The largest absolute Gasteiger partial charge is 0.314 e. The number of piperazine rings is 1. The first-order valence-corrected chi connectivity index (χ1v) is 7.48. The molecule has 0 bridgehead atoms. The van der Waals surface area contributed by atoms with Crippen molar-refractivity contribution in [1.29, 1.82) is 0 Å². The Kier molecular flexibility index (Phi) is 5.71. The molecule has 1 fully saturated rings. The summed E-state index contributed by atoms with van der Waals surface area (Å²) in [7, 11) is 0. The van der Waals surface area contributed by atoms with Crippen LogP contribution in [-0.4, -0.2) is 31.1 Å². The summed E-state index contributed by atoms with van der Waals surface area (Å²) in [6.07, 6.45) is 3.98. The van der Waals surface area contributed by atoms with Crippen molar-refractivity contribution in [2.45, 2.75) is 18.9 Å². The molecule has 0 aromatic heterocycles. The molecule has 1 aliphatic heterocycles. The van der Waals surface area contributed by atoms with Crippen LogP contribution in [0.5, 0.6) is 0 Å². The van der Waals surface area contributed by atoms with Gasteiger partial charge < -0.3 is 5.32 Å². The molecule has 19 heavy (non-hydrogen) atoms. The summed E-state index contributed by atoms with van der Waals surface area (Å²) in [6.45, 7) is 7.98. The van der Waals surface area contributed by atoms with Gasteiger partial charge in [-0.2, -0.15) is 0 Å². The second-order valence-electron chi connectivity index (χ2n) is 4.83. The van der Waals surface area contributed by atoms with Crippen LogP contribution in [0.1, 0.15) is 24.4 Å². The fourth-order valence-electron chi connectivity index (χ4n) is 2.57. The Bertz CT molecular complexity index is 428. The Hall–Kier alpha value is -0.540. The molecule has 104 valence electrons. The highest BCUT2D eigenvalue weighted by molar-refractivity contribution is 6.33. The van der Waals surface area contributed by atoms with Crippen LogP contribution in [-0.2, 0) is 0 Å². The van der Waals surface area contributed by atoms with Crippen LogP contribution in [0.15, 0.2) is 30.9 Å². The van der Waals surface area contributed by atoms with Crippen LogP contribution in [0, 0.1) is 0 Å². The summed E-state index contributed by atoms with van der Waals surface area (Å²) in [5.74, 6) is 0. The molecule has 0 amide bonds. The molecule has 0 aliphatic carbocycles. The lowest BCUT2D eigenvalue weighted by Crippen LogP contribution is -2.45. The van der Waals surface area contributed by atoms with Crippen molar-refractivity contribution in [2.75, 3.05) is 26.2 Å². The molecule has 1 atom stereocenters. The number of halogens is 2. The van der Waals surface area contributed by atoms with Gasteiger partial charge in [-0.15, -0.1) is 6.58 Å². The van der Waals surface area contributed by atoms with Gasteiger partial charge in [-0.1, -0.05) is 29.3 Å². The van der Waals surface area contributed by atoms with Crippen LogP contribution < -0.4 is 5.32 Å². The third-order valence-electron chi connectivity index (χ3n) is 3.55. The molecule has 0 spiro atoms. The highest BCUT2D eigenvalue weighted by atomic mass is 35.5. The molecule has 4 heteroatoms. The number of hydrogen-bond donors (Lipinski definition) is 1. The lowest BCUT2D eigenvalue weighted by atomic mass is 9.99. The van der Waals surface area contributed by atoms with Gasteiger partial charge in [0, 0.05) is 42.3 Å². The van der Waals surface area contributed by atoms with Gasteiger partial charge in [0.15, 0.2) is 0 Å². The fraction of sp³-hybridized carbons (Fsp3) is 0.467. The van der Waals surface area contributed by atoms with Crippen LogP contribution >= 0.6 is 23.2 Å². The van der Waals surface area contributed by atoms with Gasteiger partial charge in [0.05, 0.1) is 0 Å². The Morgan fingerprint density at radius 2 is 2.05 bits per heavy atom. The average molecular weight is 299 g/mol. The summed E-state index contributed by atoms with van der Waals surface area (Å²) in [5.41, 5.74) is 1.14. The first-order valence-electron chi connectivity index (χ1n) is 6.73. The van der Waals surface area contributed by atoms with Crippen molar-refractivity contribution in [3.63, 3.8) is 0 Å². The monoisotopic (exact) mass is 298 g/mol. The molecule has 0 saturated carbocycles. The normalized spacial score (nSPS) is 18.2. The standard InChI is InChI=1S/C15H20Cl2N2/c1-2-3-4-15(19-9-7-18-8-10-19)13-11-12(16)5-6-14(13)17/h2,5-6,11,15,18H,1,3-4,7-10H2/t15-/m1/s1. The third kappa shape index (κ3) is 3.96. The summed E-state index contributed by atoms with van der Waals surface area (Å²) < 4.78 is 0. The van der Waals surface area contributed by atoms with Crippen molar-refractivity contribution in [3.8, 4) is 0 Å². The van der Waals surface area contributed by atoms with E-state index >= 15 is 0 Å². The van der Waals surface area contributed by atoms with Crippen molar-refractivity contribution in [2.24, 2.45) is 0 Å². The number of nitrogens with zero attached hydrogens (tertiary/aromatic N) is 1. The van der Waals surface area contributed by atoms with E-state index in [2.05, 4.69) is 16.8 Å². The van der Waals surface area contributed by atoms with Gasteiger partial charge >= 0.3 is 0 Å². The maximum Gasteiger partial charge on any atom is 0.0454 e. The van der Waals surface area contributed by atoms with Crippen molar-refractivity contribution in [1.82, 2.24) is 10.2 Å². The Morgan fingerprint density at radius 3 is 2.74 bits per heavy atom. The topological polar surface area (TPSA) is 15.3 Å². The van der Waals surface area contributed by atoms with Gasteiger partial charge in [0.25, 0.3) is 0 Å². The molecule has 1 aromatic carbocycles. The molecule has 1 heterocycles. The van der Waals surface area contributed by atoms with Gasteiger partial charge in [-0.3, -0.25) is 4.90 Å². The lowest BCUT2D eigenvalue weighted by molar-refractivity contribution is 0.166. The molecule has 0 radical (unpaired) electrons. The second-order valence-corrected chi connectivity index (χ2v) is 5.68. The highest BCUT2D eigenvalue weighted by Crippen LogP contribution is 2.33. The van der Waals surface area contributed by atoms with E-state index in [1.807, 2.05) is 24.3 Å². The van der Waals surface area contributed by atoms with E-state index in [9.17, 15) is 0 Å². The number of benzene rings is 1. The van der Waals surface area contributed by atoms with E-state index < -0.39 is 0 Å². The lowest BCUT2D eigenvalue weighted by Gasteiger charge is -2.35. The summed E-state index contributed by atoms with van der Waals surface area (Å²) >= 11 is 12.5. The Morgan fingerprint density at radius 1 is 1.32 bits per heavy atom. The zero-order valence-corrected chi connectivity index (χ0v) is 12.6. The number of hydrogen-bond acceptors (Lipinski definition) is 2. The van der Waals surface area contributed by atoms with Crippen LogP contribution in [0.2, 0.25) is 10.0 Å². The maximum atomic E-state index is 6.36. The molecule has 1 aliphatic rings. The molecule has 0 unspecified atom stereocenters. The summed E-state index contributed by atoms with van der Waals surface area (Å²) in [5, 5.41) is 4.93. The molecule has 2 rings (SSSR count). The fourth-order valence-corrected chi connectivity index (χ4v) is 3.00. The van der Waals surface area contributed by atoms with E-state index in [-0.39, 0.29) is 0 Å². The second kappa shape index (κ2) is 7.30. The predicted octanol–water partition coefficient (Wildman–Crippen LogP) is 3.91. The molecular weight excluding hydrogens is 279 g/mol. The van der Waals surface area contributed by atoms with E-state index in [0.29, 0.717) is 6.04 Å². The SMILES string of the molecule is C=CCC[C@H](c1cc(Cl)ccc1Cl)N1CCNCC1. The zero-order chi connectivity index (χ0) is 13.7. The maximum absolute atomic E-state index is 6.36. The minimum absolute atomic E-state index is 0.325.